The van der Waals surface area contributed by atoms with Crippen LogP contribution in [0.1, 0.15) is 258 Å². The van der Waals surface area contributed by atoms with E-state index < -0.39 is 6.10 Å². The smallest absolute Gasteiger partial charge is 0.306 e. The van der Waals surface area contributed by atoms with Crippen molar-refractivity contribution in [3.8, 4) is 0 Å². The number of esters is 3. The molecule has 0 saturated heterocycles. The molecule has 368 valence electrons. The third kappa shape index (κ3) is 49.9. The normalized spacial score (nSPS) is 12.6. The van der Waals surface area contributed by atoms with E-state index in [0.717, 1.165) is 103 Å². The van der Waals surface area contributed by atoms with Gasteiger partial charge in [0.25, 0.3) is 0 Å². The summed E-state index contributed by atoms with van der Waals surface area (Å²) >= 11 is 0. The molecule has 0 heterocycles. The molecule has 0 aliphatic heterocycles. The Hall–Kier alpha value is -3.15. The van der Waals surface area contributed by atoms with Crippen molar-refractivity contribution in [3.63, 3.8) is 0 Å². The highest BCUT2D eigenvalue weighted by Gasteiger charge is 2.19. The van der Waals surface area contributed by atoms with Crippen molar-refractivity contribution >= 4 is 17.9 Å². The van der Waals surface area contributed by atoms with Gasteiger partial charge in [-0.3, -0.25) is 14.4 Å². The topological polar surface area (TPSA) is 78.9 Å². The van der Waals surface area contributed by atoms with Crippen LogP contribution in [-0.2, 0) is 28.6 Å². The summed E-state index contributed by atoms with van der Waals surface area (Å²) in [6, 6.07) is 0. The van der Waals surface area contributed by atoms with E-state index in [1.807, 2.05) is 0 Å². The largest absolute Gasteiger partial charge is 0.462 e. The molecule has 0 aliphatic rings. The van der Waals surface area contributed by atoms with E-state index in [0.29, 0.717) is 19.3 Å². The summed E-state index contributed by atoms with van der Waals surface area (Å²) in [5.74, 6) is -0.915. The van der Waals surface area contributed by atoms with Gasteiger partial charge in [0.2, 0.25) is 0 Å². The highest BCUT2D eigenvalue weighted by molar-refractivity contribution is 5.71. The Morgan fingerprint density at radius 1 is 0.344 bits per heavy atom. The maximum atomic E-state index is 12.8. The first-order valence-corrected chi connectivity index (χ1v) is 27.0. The van der Waals surface area contributed by atoms with Crippen molar-refractivity contribution in [2.75, 3.05) is 13.2 Å². The summed E-state index contributed by atoms with van der Waals surface area (Å²) in [6.07, 6.45) is 66.0. The molecule has 64 heavy (non-hydrogen) atoms. The third-order valence-corrected chi connectivity index (χ3v) is 11.5. The Bertz CT molecular complexity index is 1210. The van der Waals surface area contributed by atoms with Gasteiger partial charge in [-0.1, -0.05) is 222 Å². The molecule has 0 saturated carbocycles. The van der Waals surface area contributed by atoms with Gasteiger partial charge in [-0.2, -0.15) is 0 Å². The lowest BCUT2D eigenvalue weighted by molar-refractivity contribution is -0.167. The molecule has 0 fully saturated rings. The monoisotopic (exact) mass is 893 g/mol. The predicted octanol–water partition coefficient (Wildman–Crippen LogP) is 17.8. The van der Waals surface area contributed by atoms with E-state index in [2.05, 4.69) is 93.7 Å². The molecule has 0 aromatic rings. The fourth-order valence-electron chi connectivity index (χ4n) is 7.47. The molecule has 0 aromatic heterocycles. The maximum absolute atomic E-state index is 12.8. The molecule has 0 N–H and O–H groups in total. The highest BCUT2D eigenvalue weighted by Crippen LogP contribution is 2.15. The summed E-state index contributed by atoms with van der Waals surface area (Å²) < 4.78 is 16.8. The number of allylic oxidation sites excluding steroid dienone is 12. The molecule has 0 radical (unpaired) electrons. The summed E-state index contributed by atoms with van der Waals surface area (Å²) in [6.45, 7) is 6.38. The second-order valence-electron chi connectivity index (χ2n) is 17.8. The van der Waals surface area contributed by atoms with E-state index in [1.165, 1.54) is 116 Å². The number of rotatable bonds is 48. The fraction of sp³-hybridized carbons (Fsp3) is 0.741. The Morgan fingerprint density at radius 2 is 0.688 bits per heavy atom. The molecular formula is C58H100O6. The standard InChI is InChI=1S/C58H100O6/c1-4-7-10-13-16-19-22-25-27-28-29-30-32-33-36-39-42-45-48-51-57(60)63-54-55(53-62-56(59)50-47-44-41-38-35-24-21-18-15-12-9-6-3)64-58(61)52-49-46-43-40-37-34-31-26-23-20-17-14-11-8-5-2/h8-9,11-12,14,17-18,20-21,23,28-29,55H,4-7,10,13,15-16,19,22,24-27,30-54H2,1-3H3/b11-8-,12-9-,17-14-,21-18-,23-20-,29-28-. The summed E-state index contributed by atoms with van der Waals surface area (Å²) in [4.78, 5) is 38.0. The van der Waals surface area contributed by atoms with Crippen molar-refractivity contribution in [2.45, 2.75) is 264 Å². The van der Waals surface area contributed by atoms with Gasteiger partial charge in [-0.05, 0) is 89.9 Å². The second-order valence-corrected chi connectivity index (χ2v) is 17.8. The van der Waals surface area contributed by atoms with Crippen LogP contribution in [0.5, 0.6) is 0 Å². The number of unbranched alkanes of at least 4 members (excludes halogenated alkanes) is 27. The molecule has 0 rings (SSSR count). The molecular weight excluding hydrogens is 793 g/mol. The van der Waals surface area contributed by atoms with Crippen molar-refractivity contribution in [1.29, 1.82) is 0 Å². The number of ether oxygens (including phenoxy) is 3. The van der Waals surface area contributed by atoms with Crippen LogP contribution in [0.2, 0.25) is 0 Å². The summed E-state index contributed by atoms with van der Waals surface area (Å²) in [7, 11) is 0. The second kappa shape index (κ2) is 52.5. The average Bonchev–Trinajstić information content (AvgIpc) is 3.29. The van der Waals surface area contributed by atoms with Crippen molar-refractivity contribution in [2.24, 2.45) is 0 Å². The Morgan fingerprint density at radius 3 is 1.12 bits per heavy atom. The average molecular weight is 893 g/mol. The minimum Gasteiger partial charge on any atom is -0.462 e. The minimum absolute atomic E-state index is 0.0872. The van der Waals surface area contributed by atoms with Crippen molar-refractivity contribution in [1.82, 2.24) is 0 Å². The molecule has 1 atom stereocenters. The van der Waals surface area contributed by atoms with Gasteiger partial charge in [0, 0.05) is 19.3 Å². The highest BCUT2D eigenvalue weighted by atomic mass is 16.6. The zero-order chi connectivity index (χ0) is 46.5. The SMILES string of the molecule is CC\C=C/C=C\C=C/CCCCCCCCCC(=O)OC(COC(=O)CCCCCCC/C=C\C/C=C\CC)COC(=O)CCCCCCCCC/C=C\CCCCCCCCCC. The van der Waals surface area contributed by atoms with E-state index in [1.54, 1.807) is 0 Å². The fourth-order valence-corrected chi connectivity index (χ4v) is 7.47. The van der Waals surface area contributed by atoms with Gasteiger partial charge in [-0.15, -0.1) is 0 Å². The zero-order valence-electron chi connectivity index (χ0n) is 42.0. The molecule has 0 bridgehead atoms. The van der Waals surface area contributed by atoms with Crippen LogP contribution in [0.25, 0.3) is 0 Å². The van der Waals surface area contributed by atoms with E-state index in [-0.39, 0.29) is 31.1 Å². The van der Waals surface area contributed by atoms with Crippen LogP contribution < -0.4 is 0 Å². The molecule has 6 heteroatoms. The number of hydrogen-bond donors (Lipinski definition) is 0. The van der Waals surface area contributed by atoms with E-state index in [9.17, 15) is 14.4 Å². The van der Waals surface area contributed by atoms with Crippen LogP contribution in [0, 0.1) is 0 Å². The lowest BCUT2D eigenvalue weighted by atomic mass is 10.1. The van der Waals surface area contributed by atoms with Gasteiger partial charge < -0.3 is 14.2 Å². The summed E-state index contributed by atoms with van der Waals surface area (Å²) in [5.41, 5.74) is 0. The van der Waals surface area contributed by atoms with Gasteiger partial charge in [0.05, 0.1) is 0 Å². The number of carbonyl (C=O) groups is 3. The zero-order valence-corrected chi connectivity index (χ0v) is 42.0. The van der Waals surface area contributed by atoms with Gasteiger partial charge in [0.15, 0.2) is 6.10 Å². The van der Waals surface area contributed by atoms with Gasteiger partial charge in [0.1, 0.15) is 13.2 Å². The molecule has 0 amide bonds. The lowest BCUT2D eigenvalue weighted by Crippen LogP contribution is -2.30. The molecule has 0 aromatic carbocycles. The van der Waals surface area contributed by atoms with Crippen molar-refractivity contribution < 1.29 is 28.6 Å². The molecule has 0 aliphatic carbocycles. The van der Waals surface area contributed by atoms with E-state index in [4.69, 9.17) is 14.2 Å². The quantitative estimate of drug-likeness (QED) is 0.0199. The van der Waals surface area contributed by atoms with Crippen LogP contribution in [-0.4, -0.2) is 37.2 Å². The first kappa shape index (κ1) is 60.9. The van der Waals surface area contributed by atoms with Crippen LogP contribution in [0.15, 0.2) is 72.9 Å². The van der Waals surface area contributed by atoms with Crippen LogP contribution in [0.4, 0.5) is 0 Å². The Balaban J connectivity index is 4.37. The maximum Gasteiger partial charge on any atom is 0.306 e. The van der Waals surface area contributed by atoms with E-state index >= 15 is 0 Å². The third-order valence-electron chi connectivity index (χ3n) is 11.5. The number of carbonyl (C=O) groups excluding carboxylic acids is 3. The minimum atomic E-state index is -0.789. The van der Waals surface area contributed by atoms with Crippen LogP contribution >= 0.6 is 0 Å². The Labute approximate surface area is 395 Å². The molecule has 6 nitrogen and oxygen atoms in total. The van der Waals surface area contributed by atoms with Crippen LogP contribution in [0.3, 0.4) is 0 Å². The predicted molar refractivity (Wildman–Crippen MR) is 274 cm³/mol. The molecule has 1 unspecified atom stereocenters. The molecule has 0 spiro atoms. The number of hydrogen-bond acceptors (Lipinski definition) is 6. The van der Waals surface area contributed by atoms with Crippen molar-refractivity contribution in [3.05, 3.63) is 72.9 Å². The first-order chi connectivity index (χ1) is 31.5. The first-order valence-electron chi connectivity index (χ1n) is 27.0. The van der Waals surface area contributed by atoms with Gasteiger partial charge >= 0.3 is 17.9 Å². The summed E-state index contributed by atoms with van der Waals surface area (Å²) in [5, 5.41) is 0. The lowest BCUT2D eigenvalue weighted by Gasteiger charge is -2.18. The Kier molecular flexibility index (Phi) is 49.9. The van der Waals surface area contributed by atoms with Gasteiger partial charge in [-0.25, -0.2) is 0 Å².